The van der Waals surface area contributed by atoms with Crippen LogP contribution in [0, 0.1) is 0 Å². The lowest BCUT2D eigenvalue weighted by Gasteiger charge is -2.23. The van der Waals surface area contributed by atoms with E-state index in [1.807, 2.05) is 0 Å². The molecule has 1 heterocycles. The molecule has 0 bridgehead atoms. The molecule has 0 aliphatic rings. The molecular formula is C17H25N3. The molecule has 0 amide bonds. The Labute approximate surface area is 121 Å². The minimum atomic E-state index is 0.000626. The first kappa shape index (κ1) is 14.8. The predicted molar refractivity (Wildman–Crippen MR) is 87.0 cm³/mol. The van der Waals surface area contributed by atoms with Crippen LogP contribution in [0.3, 0.4) is 0 Å². The maximum Gasteiger partial charge on any atom is 0.144 e. The summed E-state index contributed by atoms with van der Waals surface area (Å²) in [5.41, 5.74) is 6.30. The van der Waals surface area contributed by atoms with Gasteiger partial charge < -0.3 is 5.43 Å². The van der Waals surface area contributed by atoms with Crippen LogP contribution in [0.4, 0.5) is 5.82 Å². The summed E-state index contributed by atoms with van der Waals surface area (Å²) in [5, 5.41) is 1.17. The zero-order valence-corrected chi connectivity index (χ0v) is 13.3. The predicted octanol–water partition coefficient (Wildman–Crippen LogP) is 4.12. The third-order valence-corrected chi connectivity index (χ3v) is 3.63. The molecule has 0 saturated carbocycles. The number of nitrogens with two attached hydrogens (primary N) is 1. The molecule has 0 atom stereocenters. The van der Waals surface area contributed by atoms with Gasteiger partial charge in [0.05, 0.1) is 5.52 Å². The number of hydrogen-bond donors (Lipinski definition) is 2. The molecule has 3 nitrogen and oxygen atoms in total. The van der Waals surface area contributed by atoms with Crippen molar-refractivity contribution in [2.45, 2.75) is 52.4 Å². The minimum absolute atomic E-state index is 0.000626. The summed E-state index contributed by atoms with van der Waals surface area (Å²) in [6, 6.07) is 8.65. The molecule has 2 aromatic rings. The highest BCUT2D eigenvalue weighted by atomic mass is 15.2. The number of nitrogens with zero attached hydrogens (tertiary/aromatic N) is 1. The van der Waals surface area contributed by atoms with Crippen molar-refractivity contribution in [2.75, 3.05) is 5.43 Å². The normalized spacial score (nSPS) is 12.8. The number of nitrogen functional groups attached to an aromatic ring is 1. The van der Waals surface area contributed by atoms with Crippen molar-refractivity contribution < 1.29 is 0 Å². The van der Waals surface area contributed by atoms with Gasteiger partial charge >= 0.3 is 0 Å². The summed E-state index contributed by atoms with van der Waals surface area (Å²) < 4.78 is 0. The molecule has 0 spiro atoms. The molecule has 1 aromatic heterocycles. The van der Waals surface area contributed by atoms with E-state index in [0.717, 1.165) is 16.9 Å². The Balaban J connectivity index is 2.70. The number of nitrogens with one attached hydrogen (secondary N) is 1. The lowest BCUT2D eigenvalue weighted by atomic mass is 9.84. The molecular weight excluding hydrogens is 246 g/mol. The quantitative estimate of drug-likeness (QED) is 0.606. The van der Waals surface area contributed by atoms with Gasteiger partial charge in [-0.05, 0) is 34.6 Å². The number of hydrogen-bond acceptors (Lipinski definition) is 3. The van der Waals surface area contributed by atoms with Gasteiger partial charge in [-0.3, -0.25) is 0 Å². The van der Waals surface area contributed by atoms with Crippen LogP contribution in [0.25, 0.3) is 10.9 Å². The summed E-state index contributed by atoms with van der Waals surface area (Å²) in [4.78, 5) is 4.65. The third-order valence-electron chi connectivity index (χ3n) is 3.63. The van der Waals surface area contributed by atoms with E-state index < -0.39 is 0 Å². The second-order valence-electron chi connectivity index (χ2n) is 7.44. The first-order chi connectivity index (χ1) is 9.13. The molecule has 0 fully saturated rings. The number of pyridine rings is 1. The number of benzene rings is 1. The molecule has 3 heteroatoms. The van der Waals surface area contributed by atoms with Crippen LogP contribution in [0.1, 0.15) is 52.7 Å². The average molecular weight is 271 g/mol. The molecule has 0 aliphatic heterocycles. The number of hydrazine groups is 1. The fourth-order valence-corrected chi connectivity index (χ4v) is 2.32. The van der Waals surface area contributed by atoms with E-state index in [9.17, 15) is 0 Å². The maximum atomic E-state index is 5.63. The topological polar surface area (TPSA) is 50.9 Å². The van der Waals surface area contributed by atoms with Gasteiger partial charge in [0.2, 0.25) is 0 Å². The highest BCUT2D eigenvalue weighted by molar-refractivity contribution is 5.83. The monoisotopic (exact) mass is 271 g/mol. The van der Waals surface area contributed by atoms with E-state index in [2.05, 4.69) is 76.2 Å². The SMILES string of the molecule is CC(C)(C)c1ccc2nc(NN)c(C(C)(C)C)cc2c1. The van der Waals surface area contributed by atoms with Gasteiger partial charge in [0, 0.05) is 10.9 Å². The Morgan fingerprint density at radius 1 is 0.950 bits per heavy atom. The standard InChI is InChI=1S/C17H25N3/c1-16(2,3)12-7-8-14-11(9-12)10-13(17(4,5)6)15(19-14)20-18/h7-10H,18H2,1-6H3,(H,19,20). The Bertz CT molecular complexity index is 631. The smallest absolute Gasteiger partial charge is 0.144 e. The zero-order valence-electron chi connectivity index (χ0n) is 13.3. The van der Waals surface area contributed by atoms with Crippen LogP contribution < -0.4 is 11.3 Å². The fraction of sp³-hybridized carbons (Fsp3) is 0.471. The highest BCUT2D eigenvalue weighted by Gasteiger charge is 2.20. The van der Waals surface area contributed by atoms with Gasteiger partial charge in [0.15, 0.2) is 0 Å². The van der Waals surface area contributed by atoms with Crippen molar-refractivity contribution in [3.05, 3.63) is 35.4 Å². The number of aromatic nitrogens is 1. The summed E-state index contributed by atoms with van der Waals surface area (Å²) in [7, 11) is 0. The fourth-order valence-electron chi connectivity index (χ4n) is 2.32. The second-order valence-corrected chi connectivity index (χ2v) is 7.44. The van der Waals surface area contributed by atoms with Gasteiger partial charge in [-0.25, -0.2) is 10.8 Å². The van der Waals surface area contributed by atoms with Crippen LogP contribution in [-0.2, 0) is 10.8 Å². The van der Waals surface area contributed by atoms with Crippen LogP contribution in [0.2, 0.25) is 0 Å². The number of anilines is 1. The van der Waals surface area contributed by atoms with Gasteiger partial charge in [-0.2, -0.15) is 0 Å². The van der Waals surface area contributed by atoms with E-state index in [-0.39, 0.29) is 10.8 Å². The molecule has 0 saturated heterocycles. The van der Waals surface area contributed by atoms with Crippen molar-refractivity contribution >= 4 is 16.7 Å². The Kier molecular flexibility index (Phi) is 3.51. The maximum absolute atomic E-state index is 5.63. The molecule has 2 rings (SSSR count). The summed E-state index contributed by atoms with van der Waals surface area (Å²) >= 11 is 0. The van der Waals surface area contributed by atoms with Crippen LogP contribution >= 0.6 is 0 Å². The Morgan fingerprint density at radius 3 is 2.10 bits per heavy atom. The van der Waals surface area contributed by atoms with Crippen molar-refractivity contribution in [1.29, 1.82) is 0 Å². The lowest BCUT2D eigenvalue weighted by molar-refractivity contribution is 0.589. The molecule has 3 N–H and O–H groups in total. The van der Waals surface area contributed by atoms with Crippen molar-refractivity contribution in [2.24, 2.45) is 5.84 Å². The van der Waals surface area contributed by atoms with E-state index in [1.54, 1.807) is 0 Å². The van der Waals surface area contributed by atoms with E-state index in [1.165, 1.54) is 10.9 Å². The number of fused-ring (bicyclic) bond motifs is 1. The van der Waals surface area contributed by atoms with Crippen LogP contribution in [0.15, 0.2) is 24.3 Å². The third kappa shape index (κ3) is 2.78. The van der Waals surface area contributed by atoms with Crippen molar-refractivity contribution in [3.63, 3.8) is 0 Å². The summed E-state index contributed by atoms with van der Waals surface area (Å²) in [6.07, 6.45) is 0. The molecule has 0 radical (unpaired) electrons. The van der Waals surface area contributed by atoms with Gasteiger partial charge in [0.1, 0.15) is 5.82 Å². The molecule has 0 aliphatic carbocycles. The first-order valence-electron chi connectivity index (χ1n) is 7.05. The first-order valence-corrected chi connectivity index (χ1v) is 7.05. The second kappa shape index (κ2) is 4.74. The molecule has 20 heavy (non-hydrogen) atoms. The average Bonchev–Trinajstić information content (AvgIpc) is 2.34. The Hall–Kier alpha value is -1.61. The molecule has 0 unspecified atom stereocenters. The highest BCUT2D eigenvalue weighted by Crippen LogP contribution is 2.32. The molecule has 108 valence electrons. The number of rotatable bonds is 1. The molecule has 1 aromatic carbocycles. The van der Waals surface area contributed by atoms with Gasteiger partial charge in [0.25, 0.3) is 0 Å². The van der Waals surface area contributed by atoms with Gasteiger partial charge in [-0.1, -0.05) is 47.6 Å². The Morgan fingerprint density at radius 2 is 1.60 bits per heavy atom. The van der Waals surface area contributed by atoms with Gasteiger partial charge in [-0.15, -0.1) is 0 Å². The largest absolute Gasteiger partial charge is 0.308 e. The van der Waals surface area contributed by atoms with E-state index >= 15 is 0 Å². The van der Waals surface area contributed by atoms with E-state index in [4.69, 9.17) is 5.84 Å². The van der Waals surface area contributed by atoms with E-state index in [0.29, 0.717) is 0 Å². The summed E-state index contributed by atoms with van der Waals surface area (Å²) in [6.45, 7) is 13.2. The minimum Gasteiger partial charge on any atom is -0.308 e. The lowest BCUT2D eigenvalue weighted by Crippen LogP contribution is -2.19. The zero-order chi connectivity index (χ0) is 15.1. The van der Waals surface area contributed by atoms with Crippen LogP contribution in [0.5, 0.6) is 0 Å². The van der Waals surface area contributed by atoms with Crippen molar-refractivity contribution in [1.82, 2.24) is 4.98 Å². The van der Waals surface area contributed by atoms with Crippen molar-refractivity contribution in [3.8, 4) is 0 Å². The summed E-state index contributed by atoms with van der Waals surface area (Å²) in [5.74, 6) is 6.38. The van der Waals surface area contributed by atoms with Crippen LogP contribution in [-0.4, -0.2) is 4.98 Å².